The zero-order valence-corrected chi connectivity index (χ0v) is 8.20. The molecule has 5 heteroatoms. The smallest absolute Gasteiger partial charge is 0.303 e. The zero-order chi connectivity index (χ0) is 12.2. The molecule has 0 aliphatic carbocycles. The molecule has 86 valence electrons. The van der Waals surface area contributed by atoms with Crippen molar-refractivity contribution >= 4 is 12.1 Å². The van der Waals surface area contributed by atoms with Crippen molar-refractivity contribution in [1.29, 1.82) is 0 Å². The summed E-state index contributed by atoms with van der Waals surface area (Å²) in [7, 11) is 0. The van der Waals surface area contributed by atoms with Gasteiger partial charge in [0.1, 0.15) is 12.2 Å². The molecule has 0 amide bonds. The Labute approximate surface area is 90.1 Å². The summed E-state index contributed by atoms with van der Waals surface area (Å²) in [4.78, 5) is 21.6. The van der Waals surface area contributed by atoms with Gasteiger partial charge in [-0.05, 0) is 0 Å². The first-order chi connectivity index (χ1) is 7.46. The largest absolute Gasteiger partial charge is 0.399 e. The van der Waals surface area contributed by atoms with Crippen molar-refractivity contribution in [1.82, 2.24) is 0 Å². The molecule has 0 aromatic heterocycles. The van der Waals surface area contributed by atoms with E-state index in [4.69, 9.17) is 0 Å². The number of Topliss-reactive ketones (excluding diaryl/α,β-unsaturated/α-hetero) is 1. The number of hydrogen-bond acceptors (Lipinski definition) is 2. The summed E-state index contributed by atoms with van der Waals surface area (Å²) in [5.74, 6) is -3.31. The molecule has 0 bridgehead atoms. The number of alkyl halides is 3. The zero-order valence-electron chi connectivity index (χ0n) is 8.20. The van der Waals surface area contributed by atoms with Gasteiger partial charge < -0.3 is 4.79 Å². The van der Waals surface area contributed by atoms with Crippen LogP contribution in [0.2, 0.25) is 0 Å². The minimum absolute atomic E-state index is 0.0355. The molecule has 0 N–H and O–H groups in total. The van der Waals surface area contributed by atoms with E-state index in [1.54, 1.807) is 6.07 Å². The molecule has 1 rings (SSSR count). The Morgan fingerprint density at radius 1 is 1.25 bits per heavy atom. The molecule has 1 aromatic carbocycles. The Morgan fingerprint density at radius 3 is 2.25 bits per heavy atom. The molecule has 0 unspecified atom stereocenters. The molecule has 16 heavy (non-hydrogen) atoms. The van der Waals surface area contributed by atoms with Crippen LogP contribution in [-0.2, 0) is 4.79 Å². The van der Waals surface area contributed by atoms with E-state index in [0.29, 0.717) is 0 Å². The van der Waals surface area contributed by atoms with Gasteiger partial charge in [0.05, 0.1) is 0 Å². The van der Waals surface area contributed by atoms with Crippen LogP contribution in [0.25, 0.3) is 0 Å². The molecule has 1 aromatic rings. The maximum atomic E-state index is 12.5. The van der Waals surface area contributed by atoms with Crippen LogP contribution >= 0.6 is 0 Å². The third-order valence-corrected chi connectivity index (χ3v) is 2.10. The minimum Gasteiger partial charge on any atom is -0.303 e. The normalized spacial score (nSPS) is 13.2. The second-order valence-electron chi connectivity index (χ2n) is 3.23. The molecule has 0 aliphatic heterocycles. The van der Waals surface area contributed by atoms with E-state index in [2.05, 4.69) is 0 Å². The van der Waals surface area contributed by atoms with Crippen LogP contribution in [0.3, 0.4) is 0 Å². The number of aldehydes is 1. The summed E-state index contributed by atoms with van der Waals surface area (Å²) in [5.41, 5.74) is -0.0355. The summed E-state index contributed by atoms with van der Waals surface area (Å²) in [6.45, 7) is 0. The molecule has 0 fully saturated rings. The highest BCUT2D eigenvalue weighted by Gasteiger charge is 2.44. The maximum Gasteiger partial charge on any atom is 0.399 e. The van der Waals surface area contributed by atoms with E-state index in [9.17, 15) is 22.8 Å². The lowest BCUT2D eigenvalue weighted by molar-refractivity contribution is -0.163. The number of halogens is 3. The number of rotatable bonds is 4. The molecule has 0 radical (unpaired) electrons. The molecule has 0 saturated carbocycles. The highest BCUT2D eigenvalue weighted by Crippen LogP contribution is 2.31. The maximum absolute atomic E-state index is 12.5. The van der Waals surface area contributed by atoms with Gasteiger partial charge in [-0.3, -0.25) is 4.79 Å². The quantitative estimate of drug-likeness (QED) is 0.588. The van der Waals surface area contributed by atoms with Crippen LogP contribution in [0.1, 0.15) is 16.8 Å². The highest BCUT2D eigenvalue weighted by atomic mass is 19.4. The van der Waals surface area contributed by atoms with Crippen molar-refractivity contribution in [3.05, 3.63) is 35.9 Å². The van der Waals surface area contributed by atoms with Crippen molar-refractivity contribution in [2.45, 2.75) is 12.6 Å². The van der Waals surface area contributed by atoms with Crippen molar-refractivity contribution in [3.8, 4) is 0 Å². The van der Waals surface area contributed by atoms with Crippen LogP contribution < -0.4 is 0 Å². The van der Waals surface area contributed by atoms with Gasteiger partial charge in [-0.25, -0.2) is 0 Å². The fraction of sp³-hybridized carbons (Fsp3) is 0.273. The molecule has 0 heterocycles. The fourth-order valence-electron chi connectivity index (χ4n) is 1.29. The summed E-state index contributed by atoms with van der Waals surface area (Å²) in [6.07, 6.45) is -5.41. The molecular formula is C11H9F3O2. The summed E-state index contributed by atoms with van der Waals surface area (Å²) < 4.78 is 37.4. The number of carbonyl (C=O) groups is 2. The molecule has 1 atom stereocenters. The van der Waals surface area contributed by atoms with Crippen molar-refractivity contribution < 1.29 is 22.8 Å². The fourth-order valence-corrected chi connectivity index (χ4v) is 1.29. The van der Waals surface area contributed by atoms with Gasteiger partial charge in [0.2, 0.25) is 0 Å². The average Bonchev–Trinajstić information content (AvgIpc) is 2.25. The van der Waals surface area contributed by atoms with Gasteiger partial charge in [0.25, 0.3) is 0 Å². The summed E-state index contributed by atoms with van der Waals surface area (Å²) >= 11 is 0. The number of benzene rings is 1. The second-order valence-corrected chi connectivity index (χ2v) is 3.23. The van der Waals surface area contributed by atoms with Crippen LogP contribution in [0.5, 0.6) is 0 Å². The first-order valence-corrected chi connectivity index (χ1v) is 4.56. The Bertz CT molecular complexity index is 371. The lowest BCUT2D eigenvalue weighted by atomic mass is 9.94. The van der Waals surface area contributed by atoms with Crippen molar-refractivity contribution in [3.63, 3.8) is 0 Å². The van der Waals surface area contributed by atoms with E-state index < -0.39 is 24.3 Å². The standard InChI is InChI=1S/C11H9F3O2/c12-11(13,14)9(6-7-15)10(16)8-4-2-1-3-5-8/h1-5,7,9H,6H2/t9-/m0/s1. The predicted octanol–water partition coefficient (Wildman–Crippen LogP) is 2.64. The van der Waals surface area contributed by atoms with Gasteiger partial charge >= 0.3 is 6.18 Å². The molecule has 0 spiro atoms. The summed E-state index contributed by atoms with van der Waals surface area (Å²) in [6, 6.07) is 7.14. The predicted molar refractivity (Wildman–Crippen MR) is 51.0 cm³/mol. The van der Waals surface area contributed by atoms with Crippen LogP contribution in [0, 0.1) is 5.92 Å². The average molecular weight is 230 g/mol. The SMILES string of the molecule is O=CC[C@@H](C(=O)c1ccccc1)C(F)(F)F. The Morgan fingerprint density at radius 2 is 1.81 bits per heavy atom. The third-order valence-electron chi connectivity index (χ3n) is 2.10. The molecule has 2 nitrogen and oxygen atoms in total. The highest BCUT2D eigenvalue weighted by molar-refractivity contribution is 5.99. The number of hydrogen-bond donors (Lipinski definition) is 0. The molecule has 0 aliphatic rings. The van der Waals surface area contributed by atoms with E-state index in [0.717, 1.165) is 0 Å². The van der Waals surface area contributed by atoms with Gasteiger partial charge in [-0.2, -0.15) is 13.2 Å². The van der Waals surface area contributed by atoms with Crippen molar-refractivity contribution in [2.24, 2.45) is 5.92 Å². The molecule has 0 saturated heterocycles. The van der Waals surface area contributed by atoms with E-state index >= 15 is 0 Å². The first-order valence-electron chi connectivity index (χ1n) is 4.56. The van der Waals surface area contributed by atoms with Gasteiger partial charge in [-0.15, -0.1) is 0 Å². The minimum atomic E-state index is -4.69. The van der Waals surface area contributed by atoms with Gasteiger partial charge in [-0.1, -0.05) is 30.3 Å². The lowest BCUT2D eigenvalue weighted by Crippen LogP contribution is -2.31. The van der Waals surface area contributed by atoms with Gasteiger partial charge in [0.15, 0.2) is 5.78 Å². The number of carbonyl (C=O) groups excluding carboxylic acids is 2. The Balaban J connectivity index is 2.97. The van der Waals surface area contributed by atoms with Crippen LogP contribution in [0.4, 0.5) is 13.2 Å². The van der Waals surface area contributed by atoms with E-state index in [1.807, 2.05) is 0 Å². The van der Waals surface area contributed by atoms with E-state index in [-0.39, 0.29) is 11.8 Å². The lowest BCUT2D eigenvalue weighted by Gasteiger charge is -2.16. The van der Waals surface area contributed by atoms with Crippen LogP contribution in [-0.4, -0.2) is 18.2 Å². The van der Waals surface area contributed by atoms with Gasteiger partial charge in [0, 0.05) is 12.0 Å². The third kappa shape index (κ3) is 2.92. The Kier molecular flexibility index (Phi) is 3.82. The topological polar surface area (TPSA) is 34.1 Å². The summed E-state index contributed by atoms with van der Waals surface area (Å²) in [5, 5.41) is 0. The van der Waals surface area contributed by atoms with Crippen molar-refractivity contribution in [2.75, 3.05) is 0 Å². The first kappa shape index (κ1) is 12.4. The van der Waals surface area contributed by atoms with E-state index in [1.165, 1.54) is 24.3 Å². The monoisotopic (exact) mass is 230 g/mol. The Hall–Kier alpha value is -1.65. The molecular weight excluding hydrogens is 221 g/mol. The second kappa shape index (κ2) is 4.92. The number of ketones is 1. The van der Waals surface area contributed by atoms with Crippen LogP contribution in [0.15, 0.2) is 30.3 Å².